The third-order valence-corrected chi connectivity index (χ3v) is 1.83. The maximum atomic E-state index is 5.68. The Morgan fingerprint density at radius 1 is 1.67 bits per heavy atom. The van der Waals surface area contributed by atoms with Gasteiger partial charge in [0.2, 0.25) is 0 Å². The van der Waals surface area contributed by atoms with Crippen LogP contribution in [-0.4, -0.2) is 4.98 Å². The van der Waals surface area contributed by atoms with E-state index >= 15 is 0 Å². The van der Waals surface area contributed by atoms with Crippen molar-refractivity contribution in [2.75, 3.05) is 5.73 Å². The second-order valence-electron chi connectivity index (χ2n) is 2.72. The number of anilines is 1. The number of hydrogen-bond acceptors (Lipinski definition) is 2. The first kappa shape index (κ1) is 8.78. The molecule has 0 aromatic carbocycles. The molecule has 0 radical (unpaired) electrons. The number of nitrogens with two attached hydrogens (primary N) is 1. The van der Waals surface area contributed by atoms with Gasteiger partial charge >= 0.3 is 0 Å². The summed E-state index contributed by atoms with van der Waals surface area (Å²) in [4.78, 5) is 4.00. The molecule has 0 atom stereocenters. The van der Waals surface area contributed by atoms with Gasteiger partial charge in [-0.15, -0.1) is 0 Å². The molecule has 1 aromatic rings. The zero-order valence-corrected chi connectivity index (χ0v) is 7.38. The fourth-order valence-electron chi connectivity index (χ4n) is 1.25. The Hall–Kier alpha value is -1.31. The molecule has 0 aliphatic carbocycles. The highest BCUT2D eigenvalue weighted by Crippen LogP contribution is 2.16. The predicted octanol–water partition coefficient (Wildman–Crippen LogP) is 2.26. The van der Waals surface area contributed by atoms with E-state index < -0.39 is 0 Å². The molecule has 0 fully saturated rings. The third-order valence-electron chi connectivity index (χ3n) is 1.83. The lowest BCUT2D eigenvalue weighted by molar-refractivity contribution is 0.917. The molecule has 2 nitrogen and oxygen atoms in total. The first-order chi connectivity index (χ1) is 5.79. The van der Waals surface area contributed by atoms with Crippen molar-refractivity contribution < 1.29 is 0 Å². The summed E-state index contributed by atoms with van der Waals surface area (Å²) in [6.07, 6.45) is 5.67. The molecule has 0 unspecified atom stereocenters. The number of rotatable bonds is 3. The molecule has 2 heteroatoms. The van der Waals surface area contributed by atoms with E-state index in [0.29, 0.717) is 5.82 Å². The van der Waals surface area contributed by atoms with Crippen molar-refractivity contribution >= 4 is 11.9 Å². The molecule has 1 aromatic heterocycles. The van der Waals surface area contributed by atoms with Gasteiger partial charge in [0.15, 0.2) is 0 Å². The summed E-state index contributed by atoms with van der Waals surface area (Å²) in [6, 6.07) is 2.00. The number of nitrogens with zero attached hydrogens (tertiary/aromatic N) is 1. The zero-order valence-electron chi connectivity index (χ0n) is 7.38. The van der Waals surface area contributed by atoms with Gasteiger partial charge in [-0.1, -0.05) is 26.0 Å². The molecule has 0 spiro atoms. The Morgan fingerprint density at radius 3 is 3.00 bits per heavy atom. The average Bonchev–Trinajstić information content (AvgIpc) is 2.05. The Kier molecular flexibility index (Phi) is 2.86. The second kappa shape index (κ2) is 3.90. The van der Waals surface area contributed by atoms with E-state index in [2.05, 4.69) is 18.5 Å². The van der Waals surface area contributed by atoms with Crippen LogP contribution in [0, 0.1) is 0 Å². The molecule has 1 rings (SSSR count). The number of nitrogen functional groups attached to an aromatic ring is 1. The van der Waals surface area contributed by atoms with Crippen LogP contribution in [0.3, 0.4) is 0 Å². The third kappa shape index (κ3) is 1.64. The SMILES string of the molecule is C=Cc1c(CCC)ccnc1N. The summed E-state index contributed by atoms with van der Waals surface area (Å²) in [5.41, 5.74) is 7.90. The van der Waals surface area contributed by atoms with Crippen LogP contribution < -0.4 is 5.73 Å². The molecule has 0 bridgehead atoms. The molecule has 1 heterocycles. The van der Waals surface area contributed by atoms with Crippen LogP contribution in [0.25, 0.3) is 6.08 Å². The van der Waals surface area contributed by atoms with E-state index in [9.17, 15) is 0 Å². The van der Waals surface area contributed by atoms with E-state index in [-0.39, 0.29) is 0 Å². The minimum absolute atomic E-state index is 0.580. The quantitative estimate of drug-likeness (QED) is 0.740. The summed E-state index contributed by atoms with van der Waals surface area (Å²) >= 11 is 0. The van der Waals surface area contributed by atoms with Crippen LogP contribution in [0.2, 0.25) is 0 Å². The van der Waals surface area contributed by atoms with Crippen LogP contribution >= 0.6 is 0 Å². The molecule has 0 amide bonds. The lowest BCUT2D eigenvalue weighted by Gasteiger charge is -2.05. The Balaban J connectivity index is 3.09. The van der Waals surface area contributed by atoms with E-state index in [4.69, 9.17) is 5.73 Å². The maximum Gasteiger partial charge on any atom is 0.130 e. The van der Waals surface area contributed by atoms with Crippen LogP contribution in [0.1, 0.15) is 24.5 Å². The molecule has 0 saturated heterocycles. The minimum Gasteiger partial charge on any atom is -0.383 e. The summed E-state index contributed by atoms with van der Waals surface area (Å²) in [6.45, 7) is 5.86. The fourth-order valence-corrected chi connectivity index (χ4v) is 1.25. The van der Waals surface area contributed by atoms with Gasteiger partial charge in [0.05, 0.1) is 0 Å². The number of hydrogen-bond donors (Lipinski definition) is 1. The van der Waals surface area contributed by atoms with Crippen molar-refractivity contribution in [2.24, 2.45) is 0 Å². The van der Waals surface area contributed by atoms with Crippen molar-refractivity contribution in [2.45, 2.75) is 19.8 Å². The Bertz CT molecular complexity index is 279. The molecule has 0 aliphatic rings. The van der Waals surface area contributed by atoms with Crippen LogP contribution in [0.15, 0.2) is 18.8 Å². The molecule has 64 valence electrons. The van der Waals surface area contributed by atoms with Gasteiger partial charge in [0, 0.05) is 11.8 Å². The van der Waals surface area contributed by atoms with Gasteiger partial charge in [-0.2, -0.15) is 0 Å². The second-order valence-corrected chi connectivity index (χ2v) is 2.72. The van der Waals surface area contributed by atoms with Gasteiger partial charge in [0.25, 0.3) is 0 Å². The van der Waals surface area contributed by atoms with Crippen LogP contribution in [-0.2, 0) is 6.42 Å². The van der Waals surface area contributed by atoms with E-state index in [1.807, 2.05) is 6.07 Å². The van der Waals surface area contributed by atoms with Gasteiger partial charge in [-0.25, -0.2) is 4.98 Å². The average molecular weight is 162 g/mol. The van der Waals surface area contributed by atoms with Crippen molar-refractivity contribution in [1.29, 1.82) is 0 Å². The van der Waals surface area contributed by atoms with Crippen molar-refractivity contribution in [3.05, 3.63) is 30.0 Å². The molecule has 0 aliphatic heterocycles. The highest BCUT2D eigenvalue weighted by molar-refractivity contribution is 5.63. The van der Waals surface area contributed by atoms with E-state index in [1.165, 1.54) is 5.56 Å². The zero-order chi connectivity index (χ0) is 8.97. The van der Waals surface area contributed by atoms with Gasteiger partial charge < -0.3 is 5.73 Å². The van der Waals surface area contributed by atoms with Gasteiger partial charge in [0.1, 0.15) is 5.82 Å². The van der Waals surface area contributed by atoms with E-state index in [1.54, 1.807) is 12.3 Å². The molecule has 2 N–H and O–H groups in total. The lowest BCUT2D eigenvalue weighted by atomic mass is 10.1. The first-order valence-corrected chi connectivity index (χ1v) is 4.15. The van der Waals surface area contributed by atoms with Crippen LogP contribution in [0.5, 0.6) is 0 Å². The lowest BCUT2D eigenvalue weighted by Crippen LogP contribution is -1.97. The summed E-state index contributed by atoms with van der Waals surface area (Å²) in [7, 11) is 0. The summed E-state index contributed by atoms with van der Waals surface area (Å²) < 4.78 is 0. The molecular formula is C10H14N2. The predicted molar refractivity (Wildman–Crippen MR) is 52.7 cm³/mol. The standard InChI is InChI=1S/C10H14N2/c1-3-5-8-6-7-12-10(11)9(8)4-2/h4,6-7H,2-3,5H2,1H3,(H2,11,12). The maximum absolute atomic E-state index is 5.68. The summed E-state index contributed by atoms with van der Waals surface area (Å²) in [5.74, 6) is 0.580. The van der Waals surface area contributed by atoms with Crippen molar-refractivity contribution in [3.63, 3.8) is 0 Å². The van der Waals surface area contributed by atoms with Crippen molar-refractivity contribution in [1.82, 2.24) is 4.98 Å². The largest absolute Gasteiger partial charge is 0.383 e. The highest BCUT2D eigenvalue weighted by atomic mass is 14.8. The number of aromatic nitrogens is 1. The van der Waals surface area contributed by atoms with Crippen LogP contribution in [0.4, 0.5) is 5.82 Å². The van der Waals surface area contributed by atoms with E-state index in [0.717, 1.165) is 18.4 Å². The number of pyridine rings is 1. The number of aryl methyl sites for hydroxylation is 1. The van der Waals surface area contributed by atoms with Crippen molar-refractivity contribution in [3.8, 4) is 0 Å². The van der Waals surface area contributed by atoms with Gasteiger partial charge in [-0.05, 0) is 18.1 Å². The smallest absolute Gasteiger partial charge is 0.130 e. The topological polar surface area (TPSA) is 38.9 Å². The minimum atomic E-state index is 0.580. The normalized spacial score (nSPS) is 9.75. The Labute approximate surface area is 73.1 Å². The summed E-state index contributed by atoms with van der Waals surface area (Å²) in [5, 5.41) is 0. The fraction of sp³-hybridized carbons (Fsp3) is 0.300. The molecular weight excluding hydrogens is 148 g/mol. The molecule has 12 heavy (non-hydrogen) atoms. The monoisotopic (exact) mass is 162 g/mol. The Morgan fingerprint density at radius 2 is 2.42 bits per heavy atom. The highest BCUT2D eigenvalue weighted by Gasteiger charge is 2.01. The molecule has 0 saturated carbocycles. The first-order valence-electron chi connectivity index (χ1n) is 4.15. The van der Waals surface area contributed by atoms with Gasteiger partial charge in [-0.3, -0.25) is 0 Å².